The summed E-state index contributed by atoms with van der Waals surface area (Å²) in [7, 11) is -6.85. The second-order valence-corrected chi connectivity index (χ2v) is 24.0. The molecule has 5 aromatic rings. The lowest BCUT2D eigenvalue weighted by molar-refractivity contribution is -0.384. The van der Waals surface area contributed by atoms with Crippen molar-refractivity contribution in [1.82, 2.24) is 24.6 Å². The average molecular weight is 966 g/mol. The third-order valence-electron chi connectivity index (χ3n) is 14.7. The van der Waals surface area contributed by atoms with Crippen molar-refractivity contribution in [3.63, 3.8) is 0 Å². The summed E-state index contributed by atoms with van der Waals surface area (Å²) in [4.78, 5) is 41.6. The smallest absolute Gasteiger partial charge is 0.312 e. The standard InChI is InChI=1S/C49H59N9O8S2/c1-67(2,62)54-35-11-7-32(8-12-35)28-51-47-43(58(60)61)25-39(30-53-47)68(63,64)55-48(59)42-14-13-36(24-45(42)66-38-23-34-15-18-50-46(34)52-29-38)56-19-16-49(17-20-56)26-37(27-49)57-21-22-65-31-44(57)41-6-4-3-5-40(41)33-9-10-33/h3-6,13-15,18,23-25,29-30,32-33,35,37,44H,7-12,16-17,19-22,26-28,31H2,1-2H3,(H,50,52)(H,51,53)(H,55,59)/t32?,35?,44-/m1/s1. The number of aromatic amines is 1. The summed E-state index contributed by atoms with van der Waals surface area (Å²) < 4.78 is 58.6. The van der Waals surface area contributed by atoms with Crippen LogP contribution in [0.15, 0.2) is 88.5 Å². The molecule has 19 heteroatoms. The fourth-order valence-corrected chi connectivity index (χ4v) is 12.8. The van der Waals surface area contributed by atoms with E-state index < -0.39 is 41.2 Å². The van der Waals surface area contributed by atoms with Gasteiger partial charge in [-0.2, -0.15) is 0 Å². The lowest BCUT2D eigenvalue weighted by atomic mass is 9.59. The Balaban J connectivity index is 0.822. The Morgan fingerprint density at radius 1 is 0.956 bits per heavy atom. The number of rotatable bonds is 14. The topological polar surface area (TPSA) is 214 Å². The van der Waals surface area contributed by atoms with Gasteiger partial charge < -0.3 is 24.7 Å². The number of carbonyl (C=O) groups excluding carboxylic acids is 1. The lowest BCUT2D eigenvalue weighted by Crippen LogP contribution is -2.58. The van der Waals surface area contributed by atoms with Crippen molar-refractivity contribution < 1.29 is 31.8 Å². The number of sulfonamides is 1. The number of ether oxygens (including phenoxy) is 2. The molecule has 10 rings (SSSR count). The van der Waals surface area contributed by atoms with Crippen LogP contribution in [-0.2, 0) is 24.5 Å². The molecule has 5 aliphatic rings. The molecule has 2 saturated heterocycles. The van der Waals surface area contributed by atoms with E-state index in [1.807, 2.05) is 6.07 Å². The Morgan fingerprint density at radius 3 is 2.46 bits per heavy atom. The molecule has 0 unspecified atom stereocenters. The van der Waals surface area contributed by atoms with Crippen LogP contribution in [0.4, 0.5) is 17.2 Å². The molecule has 3 aromatic heterocycles. The third-order valence-corrected chi connectivity index (χ3v) is 16.8. The molecule has 5 fully saturated rings. The summed E-state index contributed by atoms with van der Waals surface area (Å²) in [5.41, 5.74) is 4.10. The lowest BCUT2D eigenvalue weighted by Gasteiger charge is -2.57. The highest BCUT2D eigenvalue weighted by atomic mass is 32.2. The van der Waals surface area contributed by atoms with Crippen molar-refractivity contribution in [3.8, 4) is 11.5 Å². The van der Waals surface area contributed by atoms with E-state index in [1.165, 1.54) is 30.2 Å². The number of hydrogen-bond acceptors (Lipinski definition) is 14. The third kappa shape index (κ3) is 10.1. The van der Waals surface area contributed by atoms with Crippen LogP contribution in [0.3, 0.4) is 0 Å². The molecule has 68 heavy (non-hydrogen) atoms. The predicted molar refractivity (Wildman–Crippen MR) is 260 cm³/mol. The Labute approximate surface area is 397 Å². The molecule has 1 amide bonds. The highest BCUT2D eigenvalue weighted by Crippen LogP contribution is 2.54. The molecule has 5 heterocycles. The number of fused-ring (bicyclic) bond motifs is 1. The number of hydrogen-bond donors (Lipinski definition) is 3. The molecular formula is C49H59N9O8S2. The summed E-state index contributed by atoms with van der Waals surface area (Å²) in [5, 5.41) is 16.0. The van der Waals surface area contributed by atoms with Gasteiger partial charge in [0, 0.05) is 83.9 Å². The van der Waals surface area contributed by atoms with Crippen molar-refractivity contribution in [2.45, 2.75) is 93.1 Å². The highest BCUT2D eigenvalue weighted by Gasteiger charge is 2.50. The number of benzene rings is 2. The summed E-state index contributed by atoms with van der Waals surface area (Å²) in [6.07, 6.45) is 17.5. The first-order valence-electron chi connectivity index (χ1n) is 23.7. The molecule has 3 aliphatic carbocycles. The van der Waals surface area contributed by atoms with Crippen molar-refractivity contribution >= 4 is 53.9 Å². The van der Waals surface area contributed by atoms with E-state index >= 15 is 0 Å². The zero-order chi connectivity index (χ0) is 47.2. The van der Waals surface area contributed by atoms with Gasteiger partial charge in [-0.15, -0.1) is 0 Å². The number of pyridine rings is 2. The quantitative estimate of drug-likeness (QED) is 0.0708. The number of nitrogens with one attached hydrogen (secondary N) is 3. The summed E-state index contributed by atoms with van der Waals surface area (Å²) in [5.74, 6) is 0.285. The van der Waals surface area contributed by atoms with Gasteiger partial charge in [0.2, 0.25) is 5.82 Å². The predicted octanol–water partition coefficient (Wildman–Crippen LogP) is 8.18. The average Bonchev–Trinajstić information content (AvgIpc) is 4.06. The van der Waals surface area contributed by atoms with E-state index in [0.717, 1.165) is 108 Å². The Hall–Kier alpha value is -5.63. The number of amides is 1. The molecule has 2 aromatic carbocycles. The minimum atomic E-state index is -4.64. The highest BCUT2D eigenvalue weighted by molar-refractivity contribution is 7.92. The Morgan fingerprint density at radius 2 is 1.72 bits per heavy atom. The molecule has 3 N–H and O–H groups in total. The van der Waals surface area contributed by atoms with Crippen LogP contribution in [0.2, 0.25) is 0 Å². The second kappa shape index (κ2) is 18.7. The molecule has 2 aliphatic heterocycles. The zero-order valence-electron chi connectivity index (χ0n) is 38.5. The second-order valence-electron chi connectivity index (χ2n) is 19.7. The van der Waals surface area contributed by atoms with Crippen LogP contribution < -0.4 is 19.7 Å². The Kier molecular flexibility index (Phi) is 12.7. The van der Waals surface area contributed by atoms with Gasteiger partial charge in [-0.1, -0.05) is 24.3 Å². The zero-order valence-corrected chi connectivity index (χ0v) is 40.1. The van der Waals surface area contributed by atoms with Crippen LogP contribution in [-0.4, -0.2) is 107 Å². The van der Waals surface area contributed by atoms with Crippen LogP contribution >= 0.6 is 0 Å². The fraction of sp³-hybridized carbons (Fsp3) is 0.490. The van der Waals surface area contributed by atoms with Crippen molar-refractivity contribution in [2.75, 3.05) is 62.1 Å². The van der Waals surface area contributed by atoms with E-state index in [1.54, 1.807) is 43.0 Å². The number of H-pyrrole nitrogens is 1. The van der Waals surface area contributed by atoms with Crippen molar-refractivity contribution in [3.05, 3.63) is 106 Å². The molecule has 17 nitrogen and oxygen atoms in total. The van der Waals surface area contributed by atoms with E-state index in [2.05, 4.69) is 63.4 Å². The monoisotopic (exact) mass is 965 g/mol. The maximum Gasteiger partial charge on any atom is 0.312 e. The SMILES string of the molecule is CS(C)(=O)=NC1CCC(CNc2ncc(S(=O)(=O)NC(=O)c3ccc(N4CCC5(CC4)CC(N4CCOC[C@@H]4c4ccccc4C4CC4)C5)cc3Oc3cnc4[nH]ccc4c3)cc2[N+](=O)[O-])CC1. The molecule has 3 saturated carbocycles. The first kappa shape index (κ1) is 46.1. The number of aromatic nitrogens is 3. The van der Waals surface area contributed by atoms with Gasteiger partial charge in [-0.05, 0) is 117 Å². The summed E-state index contributed by atoms with van der Waals surface area (Å²) >= 11 is 0. The fourth-order valence-electron chi connectivity index (χ4n) is 11.0. The molecular weight excluding hydrogens is 907 g/mol. The van der Waals surface area contributed by atoms with Crippen LogP contribution in [0.5, 0.6) is 11.5 Å². The molecule has 0 bridgehead atoms. The minimum Gasteiger partial charge on any atom is -0.455 e. The maximum atomic E-state index is 14.0. The van der Waals surface area contributed by atoms with Gasteiger partial charge in [-0.25, -0.2) is 27.5 Å². The molecule has 360 valence electrons. The van der Waals surface area contributed by atoms with Crippen molar-refractivity contribution in [1.29, 1.82) is 0 Å². The molecule has 1 atom stereocenters. The van der Waals surface area contributed by atoms with E-state index in [-0.39, 0.29) is 40.5 Å². The van der Waals surface area contributed by atoms with Crippen molar-refractivity contribution in [2.24, 2.45) is 15.7 Å². The number of anilines is 2. The number of carbonyl (C=O) groups is 1. The van der Waals surface area contributed by atoms with Gasteiger partial charge in [0.25, 0.3) is 15.9 Å². The number of morpholine rings is 1. The van der Waals surface area contributed by atoms with Crippen LogP contribution in [0, 0.1) is 21.4 Å². The van der Waals surface area contributed by atoms with E-state index in [0.29, 0.717) is 29.9 Å². The largest absolute Gasteiger partial charge is 0.455 e. The minimum absolute atomic E-state index is 0.0200. The molecule has 0 radical (unpaired) electrons. The number of piperidine rings is 1. The van der Waals surface area contributed by atoms with Gasteiger partial charge >= 0.3 is 5.69 Å². The first-order valence-corrected chi connectivity index (χ1v) is 27.5. The van der Waals surface area contributed by atoms with E-state index in [9.17, 15) is 27.5 Å². The van der Waals surface area contributed by atoms with Gasteiger partial charge in [0.05, 0.1) is 48.2 Å². The summed E-state index contributed by atoms with van der Waals surface area (Å²) in [6, 6.07) is 19.4. The van der Waals surface area contributed by atoms with Gasteiger partial charge in [-0.3, -0.25) is 24.0 Å². The Bertz CT molecular complexity index is 2940. The van der Waals surface area contributed by atoms with E-state index in [4.69, 9.17) is 9.47 Å². The van der Waals surface area contributed by atoms with Crippen LogP contribution in [0.25, 0.3) is 11.0 Å². The van der Waals surface area contributed by atoms with Crippen LogP contribution in [0.1, 0.15) is 97.7 Å². The molecule has 1 spiro atoms. The maximum absolute atomic E-state index is 14.0. The number of nitrogens with zero attached hydrogens (tertiary/aromatic N) is 6. The summed E-state index contributed by atoms with van der Waals surface area (Å²) in [6.45, 7) is 4.45. The number of nitro groups is 1. The van der Waals surface area contributed by atoms with Gasteiger partial charge in [0.1, 0.15) is 22.0 Å². The van der Waals surface area contributed by atoms with Gasteiger partial charge in [0.15, 0.2) is 0 Å². The normalized spacial score (nSPS) is 22.4. The first-order chi connectivity index (χ1) is 32.7.